The Hall–Kier alpha value is -1.27. The zero-order valence-corrected chi connectivity index (χ0v) is 10.6. The summed E-state index contributed by atoms with van der Waals surface area (Å²) in [7, 11) is -1.47. The molecule has 0 amide bonds. The predicted molar refractivity (Wildman–Crippen MR) is 64.3 cm³/mol. The lowest BCUT2D eigenvalue weighted by Gasteiger charge is -2.11. The highest BCUT2D eigenvalue weighted by atomic mass is 32.2. The summed E-state index contributed by atoms with van der Waals surface area (Å²) in [5, 5.41) is 2.92. The first-order chi connectivity index (χ1) is 8.00. The Morgan fingerprint density at radius 2 is 2.24 bits per heavy atom. The van der Waals surface area contributed by atoms with E-state index in [1.54, 1.807) is 25.2 Å². The minimum Gasteiger partial charge on any atom is -0.489 e. The molecule has 94 valence electrons. The van der Waals surface area contributed by atoms with E-state index in [2.05, 4.69) is 5.32 Å². The summed E-state index contributed by atoms with van der Waals surface area (Å²) in [6, 6.07) is 4.77. The lowest BCUT2D eigenvalue weighted by Crippen LogP contribution is -2.07. The number of sulfone groups is 1. The van der Waals surface area contributed by atoms with Crippen molar-refractivity contribution in [1.29, 1.82) is 0 Å². The third-order valence-electron chi connectivity index (χ3n) is 2.48. The lowest BCUT2D eigenvalue weighted by atomic mass is 10.3. The van der Waals surface area contributed by atoms with Crippen LogP contribution in [-0.2, 0) is 14.6 Å². The van der Waals surface area contributed by atoms with Gasteiger partial charge in [-0.3, -0.25) is 0 Å². The number of hydrogen-bond acceptors (Lipinski definition) is 5. The minimum atomic E-state index is -3.19. The van der Waals surface area contributed by atoms with Crippen molar-refractivity contribution in [3.05, 3.63) is 18.2 Å². The Labute approximate surface area is 101 Å². The molecular weight excluding hydrogens is 242 g/mol. The van der Waals surface area contributed by atoms with Gasteiger partial charge in [-0.25, -0.2) is 8.42 Å². The topological polar surface area (TPSA) is 67.9 Å². The van der Waals surface area contributed by atoms with Crippen molar-refractivity contribution >= 4 is 15.5 Å². The molecule has 1 aliphatic rings. The summed E-state index contributed by atoms with van der Waals surface area (Å²) in [6.45, 7) is 1.23. The monoisotopic (exact) mass is 257 g/mol. The molecule has 0 saturated carbocycles. The van der Waals surface area contributed by atoms with Gasteiger partial charge in [-0.05, 0) is 18.2 Å². The third kappa shape index (κ3) is 3.10. The third-order valence-corrected chi connectivity index (χ3v) is 3.59. The molecule has 6 heteroatoms. The van der Waals surface area contributed by atoms with Crippen LogP contribution in [0.3, 0.4) is 0 Å². The maximum Gasteiger partial charge on any atom is 0.175 e. The second kappa shape index (κ2) is 4.54. The second-order valence-electron chi connectivity index (χ2n) is 3.95. The highest BCUT2D eigenvalue weighted by molar-refractivity contribution is 7.90. The summed E-state index contributed by atoms with van der Waals surface area (Å²) in [6.07, 6.45) is 1.36. The number of nitrogens with one attached hydrogen (secondary N) is 1. The molecule has 0 radical (unpaired) electrons. The zero-order chi connectivity index (χ0) is 12.5. The molecule has 1 fully saturated rings. The minimum absolute atomic E-state index is 0.175. The van der Waals surface area contributed by atoms with Crippen molar-refractivity contribution in [3.8, 4) is 5.75 Å². The van der Waals surface area contributed by atoms with E-state index < -0.39 is 9.84 Å². The Kier molecular flexibility index (Phi) is 3.26. The quantitative estimate of drug-likeness (QED) is 0.794. The SMILES string of the molecule is CNc1cc(S(C)(=O)=O)ccc1OCC1CO1. The summed E-state index contributed by atoms with van der Waals surface area (Å²) < 4.78 is 33.4. The molecule has 1 aliphatic heterocycles. The van der Waals surface area contributed by atoms with E-state index in [9.17, 15) is 8.42 Å². The maximum atomic E-state index is 11.4. The molecule has 1 aromatic carbocycles. The maximum absolute atomic E-state index is 11.4. The first-order valence-electron chi connectivity index (χ1n) is 5.27. The Balaban J connectivity index is 2.21. The normalized spacial score (nSPS) is 18.8. The largest absolute Gasteiger partial charge is 0.489 e. The molecule has 17 heavy (non-hydrogen) atoms. The summed E-state index contributed by atoms with van der Waals surface area (Å²) >= 11 is 0. The standard InChI is InChI=1S/C11H15NO4S/c1-12-10-5-9(17(2,13)14)3-4-11(10)16-7-8-6-15-8/h3-5,8,12H,6-7H2,1-2H3. The van der Waals surface area contributed by atoms with Crippen LogP contribution >= 0.6 is 0 Å². The van der Waals surface area contributed by atoms with Gasteiger partial charge in [0.2, 0.25) is 0 Å². The second-order valence-corrected chi connectivity index (χ2v) is 5.96. The van der Waals surface area contributed by atoms with Gasteiger partial charge >= 0.3 is 0 Å². The van der Waals surface area contributed by atoms with Gasteiger partial charge in [0.15, 0.2) is 9.84 Å². The Morgan fingerprint density at radius 3 is 2.76 bits per heavy atom. The van der Waals surface area contributed by atoms with Crippen LogP contribution < -0.4 is 10.1 Å². The number of ether oxygens (including phenoxy) is 2. The number of hydrogen-bond donors (Lipinski definition) is 1. The van der Waals surface area contributed by atoms with Crippen molar-refractivity contribution in [2.24, 2.45) is 0 Å². The molecule has 1 atom stereocenters. The molecule has 1 aromatic rings. The summed E-state index contributed by atoms with van der Waals surface area (Å²) in [4.78, 5) is 0.275. The van der Waals surface area contributed by atoms with Gasteiger partial charge in [0.25, 0.3) is 0 Å². The first kappa shape index (κ1) is 12.2. The van der Waals surface area contributed by atoms with E-state index in [4.69, 9.17) is 9.47 Å². The fourth-order valence-electron chi connectivity index (χ4n) is 1.41. The molecule has 0 aromatic heterocycles. The highest BCUT2D eigenvalue weighted by Crippen LogP contribution is 2.28. The van der Waals surface area contributed by atoms with Crippen molar-refractivity contribution in [1.82, 2.24) is 0 Å². The molecule has 0 bridgehead atoms. The van der Waals surface area contributed by atoms with Gasteiger partial charge in [-0.15, -0.1) is 0 Å². The van der Waals surface area contributed by atoms with Crippen molar-refractivity contribution in [2.45, 2.75) is 11.0 Å². The van der Waals surface area contributed by atoms with Crippen LogP contribution in [0.1, 0.15) is 0 Å². The Morgan fingerprint density at radius 1 is 1.53 bits per heavy atom. The van der Waals surface area contributed by atoms with Crippen LogP contribution in [0.5, 0.6) is 5.75 Å². The zero-order valence-electron chi connectivity index (χ0n) is 9.76. The van der Waals surface area contributed by atoms with Crippen LogP contribution in [0.4, 0.5) is 5.69 Å². The van der Waals surface area contributed by atoms with Gasteiger partial charge in [0.05, 0.1) is 17.2 Å². The number of rotatable bonds is 5. The molecule has 5 nitrogen and oxygen atoms in total. The van der Waals surface area contributed by atoms with Gasteiger partial charge in [-0.2, -0.15) is 0 Å². The van der Waals surface area contributed by atoms with Gasteiger partial charge in [-0.1, -0.05) is 0 Å². The lowest BCUT2D eigenvalue weighted by molar-refractivity contribution is 0.264. The molecule has 2 rings (SSSR count). The fourth-order valence-corrected chi connectivity index (χ4v) is 2.06. The van der Waals surface area contributed by atoms with Gasteiger partial charge in [0.1, 0.15) is 18.5 Å². The van der Waals surface area contributed by atoms with E-state index in [0.29, 0.717) is 18.0 Å². The Bertz CT molecular complexity index is 508. The van der Waals surface area contributed by atoms with Crippen LogP contribution in [0.2, 0.25) is 0 Å². The number of anilines is 1. The van der Waals surface area contributed by atoms with Crippen LogP contribution in [-0.4, -0.2) is 41.0 Å². The number of benzene rings is 1. The van der Waals surface area contributed by atoms with Crippen molar-refractivity contribution < 1.29 is 17.9 Å². The van der Waals surface area contributed by atoms with E-state index >= 15 is 0 Å². The first-order valence-corrected chi connectivity index (χ1v) is 7.16. The average Bonchev–Trinajstić information content (AvgIpc) is 3.08. The van der Waals surface area contributed by atoms with Crippen LogP contribution in [0, 0.1) is 0 Å². The summed E-state index contributed by atoms with van der Waals surface area (Å²) in [5.41, 5.74) is 0.661. The van der Waals surface area contributed by atoms with Crippen LogP contribution in [0.25, 0.3) is 0 Å². The molecule has 1 heterocycles. The fraction of sp³-hybridized carbons (Fsp3) is 0.455. The van der Waals surface area contributed by atoms with Crippen LogP contribution in [0.15, 0.2) is 23.1 Å². The van der Waals surface area contributed by atoms with E-state index in [1.807, 2.05) is 0 Å². The van der Waals surface area contributed by atoms with E-state index in [1.165, 1.54) is 6.26 Å². The van der Waals surface area contributed by atoms with Gasteiger partial charge in [0, 0.05) is 13.3 Å². The molecule has 1 saturated heterocycles. The smallest absolute Gasteiger partial charge is 0.175 e. The van der Waals surface area contributed by atoms with Crippen molar-refractivity contribution in [2.75, 3.05) is 31.8 Å². The van der Waals surface area contributed by atoms with E-state index in [-0.39, 0.29) is 11.0 Å². The molecule has 0 spiro atoms. The molecule has 1 unspecified atom stereocenters. The predicted octanol–water partition coefficient (Wildman–Crippen LogP) is 0.909. The molecular formula is C11H15NO4S. The average molecular weight is 257 g/mol. The van der Waals surface area contributed by atoms with Crippen molar-refractivity contribution in [3.63, 3.8) is 0 Å². The summed E-state index contributed by atoms with van der Waals surface area (Å²) in [5.74, 6) is 0.635. The number of epoxide rings is 1. The molecule has 1 N–H and O–H groups in total. The highest BCUT2D eigenvalue weighted by Gasteiger charge is 2.23. The van der Waals surface area contributed by atoms with E-state index in [0.717, 1.165) is 6.61 Å². The molecule has 0 aliphatic carbocycles. The van der Waals surface area contributed by atoms with Gasteiger partial charge < -0.3 is 14.8 Å².